The van der Waals surface area contributed by atoms with Crippen molar-refractivity contribution >= 4 is 10.0 Å². The predicted octanol–water partition coefficient (Wildman–Crippen LogP) is 2.27. The minimum atomic E-state index is -3.53. The van der Waals surface area contributed by atoms with Crippen molar-refractivity contribution in [3.8, 4) is 11.5 Å². The molecule has 1 saturated heterocycles. The Bertz CT molecular complexity index is 571. The molecule has 1 heterocycles. The summed E-state index contributed by atoms with van der Waals surface area (Å²) in [6.07, 6.45) is 2.88. The number of piperidine rings is 1. The third-order valence-electron chi connectivity index (χ3n) is 3.70. The number of ether oxygens (including phenoxy) is 2. The summed E-state index contributed by atoms with van der Waals surface area (Å²) >= 11 is 0. The Hall–Kier alpha value is -1.27. The molecule has 0 radical (unpaired) electrons. The van der Waals surface area contributed by atoms with Gasteiger partial charge in [-0.25, -0.2) is 8.42 Å². The fourth-order valence-corrected chi connectivity index (χ4v) is 4.38. The SMILES string of the molecule is COc1ccc(S(=O)(=O)N2CCCCC2C)c(OC)c1. The van der Waals surface area contributed by atoms with E-state index >= 15 is 0 Å². The Kier molecular flexibility index (Phi) is 4.55. The first-order valence-corrected chi connectivity index (χ1v) is 8.18. The fourth-order valence-electron chi connectivity index (χ4n) is 2.54. The van der Waals surface area contributed by atoms with Crippen molar-refractivity contribution in [2.45, 2.75) is 37.1 Å². The van der Waals surface area contributed by atoms with E-state index in [9.17, 15) is 8.42 Å². The minimum Gasteiger partial charge on any atom is -0.497 e. The van der Waals surface area contributed by atoms with Crippen molar-refractivity contribution in [2.24, 2.45) is 0 Å². The van der Waals surface area contributed by atoms with Crippen LogP contribution in [0, 0.1) is 0 Å². The van der Waals surface area contributed by atoms with Crippen LogP contribution in [0.2, 0.25) is 0 Å². The van der Waals surface area contributed by atoms with Crippen molar-refractivity contribution < 1.29 is 17.9 Å². The van der Waals surface area contributed by atoms with Gasteiger partial charge in [-0.2, -0.15) is 4.31 Å². The molecular weight excluding hydrogens is 278 g/mol. The number of methoxy groups -OCH3 is 2. The zero-order valence-electron chi connectivity index (χ0n) is 12.1. The van der Waals surface area contributed by atoms with E-state index in [0.717, 1.165) is 19.3 Å². The van der Waals surface area contributed by atoms with Gasteiger partial charge in [0.25, 0.3) is 0 Å². The molecule has 112 valence electrons. The molecule has 0 aliphatic carbocycles. The lowest BCUT2D eigenvalue weighted by molar-refractivity contribution is 0.267. The van der Waals surface area contributed by atoms with Crippen LogP contribution in [0.5, 0.6) is 11.5 Å². The second kappa shape index (κ2) is 6.01. The second-order valence-corrected chi connectivity index (χ2v) is 6.84. The van der Waals surface area contributed by atoms with Gasteiger partial charge in [-0.3, -0.25) is 0 Å². The van der Waals surface area contributed by atoms with Crippen LogP contribution < -0.4 is 9.47 Å². The minimum absolute atomic E-state index is 0.0283. The third kappa shape index (κ3) is 2.76. The summed E-state index contributed by atoms with van der Waals surface area (Å²) in [4.78, 5) is 0.203. The van der Waals surface area contributed by atoms with E-state index in [0.29, 0.717) is 18.0 Å². The lowest BCUT2D eigenvalue weighted by atomic mass is 10.1. The van der Waals surface area contributed by atoms with Crippen LogP contribution in [0.1, 0.15) is 26.2 Å². The highest BCUT2D eigenvalue weighted by Gasteiger charge is 2.33. The van der Waals surface area contributed by atoms with E-state index < -0.39 is 10.0 Å². The van der Waals surface area contributed by atoms with Crippen molar-refractivity contribution in [3.05, 3.63) is 18.2 Å². The molecular formula is C14H21NO4S. The molecule has 0 amide bonds. The molecule has 6 heteroatoms. The Morgan fingerprint density at radius 1 is 1.20 bits per heavy atom. The molecule has 0 spiro atoms. The maximum atomic E-state index is 12.8. The number of hydrogen-bond acceptors (Lipinski definition) is 4. The lowest BCUT2D eigenvalue weighted by Crippen LogP contribution is -2.42. The molecule has 1 aromatic carbocycles. The van der Waals surface area contributed by atoms with Crippen molar-refractivity contribution in [1.29, 1.82) is 0 Å². The van der Waals surface area contributed by atoms with Crippen LogP contribution in [0.25, 0.3) is 0 Å². The molecule has 1 aliphatic rings. The monoisotopic (exact) mass is 299 g/mol. The summed E-state index contributed by atoms with van der Waals surface area (Å²) < 4.78 is 37.5. The maximum absolute atomic E-state index is 12.8. The number of sulfonamides is 1. The van der Waals surface area contributed by atoms with Crippen LogP contribution in [0.15, 0.2) is 23.1 Å². The quantitative estimate of drug-likeness (QED) is 0.856. The molecule has 20 heavy (non-hydrogen) atoms. The maximum Gasteiger partial charge on any atom is 0.247 e. The van der Waals surface area contributed by atoms with E-state index in [2.05, 4.69) is 0 Å². The van der Waals surface area contributed by atoms with Gasteiger partial charge in [0.15, 0.2) is 0 Å². The summed E-state index contributed by atoms with van der Waals surface area (Å²) in [5.41, 5.74) is 0. The normalized spacial score (nSPS) is 20.6. The lowest BCUT2D eigenvalue weighted by Gasteiger charge is -2.32. The highest BCUT2D eigenvalue weighted by atomic mass is 32.2. The first-order chi connectivity index (χ1) is 9.50. The summed E-state index contributed by atoms with van der Waals surface area (Å²) in [7, 11) is -0.523. The molecule has 1 unspecified atom stereocenters. The molecule has 5 nitrogen and oxygen atoms in total. The van der Waals surface area contributed by atoms with Gasteiger partial charge in [-0.05, 0) is 31.9 Å². The van der Waals surface area contributed by atoms with E-state index in [4.69, 9.17) is 9.47 Å². The second-order valence-electron chi connectivity index (χ2n) is 4.98. The van der Waals surface area contributed by atoms with Crippen LogP contribution in [-0.4, -0.2) is 39.5 Å². The smallest absolute Gasteiger partial charge is 0.247 e. The topological polar surface area (TPSA) is 55.8 Å². The fraction of sp³-hybridized carbons (Fsp3) is 0.571. The van der Waals surface area contributed by atoms with Crippen molar-refractivity contribution in [3.63, 3.8) is 0 Å². The molecule has 2 rings (SSSR count). The Labute approximate surface area is 120 Å². The first kappa shape index (κ1) is 15.1. The Balaban J connectivity index is 2.43. The van der Waals surface area contributed by atoms with Gasteiger partial charge in [0, 0.05) is 18.7 Å². The van der Waals surface area contributed by atoms with Gasteiger partial charge < -0.3 is 9.47 Å². The molecule has 1 fully saturated rings. The third-order valence-corrected chi connectivity index (χ3v) is 5.75. The van der Waals surface area contributed by atoms with Gasteiger partial charge in [-0.1, -0.05) is 6.42 Å². The highest BCUT2D eigenvalue weighted by Crippen LogP contribution is 2.33. The average Bonchev–Trinajstić information content (AvgIpc) is 2.46. The molecule has 1 atom stereocenters. The zero-order chi connectivity index (χ0) is 14.8. The van der Waals surface area contributed by atoms with Crippen LogP contribution in [0.3, 0.4) is 0 Å². The van der Waals surface area contributed by atoms with Gasteiger partial charge >= 0.3 is 0 Å². The molecule has 0 aromatic heterocycles. The predicted molar refractivity (Wildman–Crippen MR) is 76.8 cm³/mol. The average molecular weight is 299 g/mol. The van der Waals surface area contributed by atoms with E-state index in [-0.39, 0.29) is 10.9 Å². The molecule has 0 saturated carbocycles. The summed E-state index contributed by atoms with van der Waals surface area (Å²) in [5.74, 6) is 0.898. The van der Waals surface area contributed by atoms with Gasteiger partial charge in [0.1, 0.15) is 16.4 Å². The summed E-state index contributed by atoms with van der Waals surface area (Å²) in [5, 5.41) is 0. The molecule has 0 bridgehead atoms. The highest BCUT2D eigenvalue weighted by molar-refractivity contribution is 7.89. The number of hydrogen-bond donors (Lipinski definition) is 0. The van der Waals surface area contributed by atoms with Crippen LogP contribution in [-0.2, 0) is 10.0 Å². The van der Waals surface area contributed by atoms with Crippen LogP contribution >= 0.6 is 0 Å². The molecule has 1 aromatic rings. The van der Waals surface area contributed by atoms with Gasteiger partial charge in [0.05, 0.1) is 14.2 Å². The molecule has 0 N–H and O–H groups in total. The van der Waals surface area contributed by atoms with Crippen molar-refractivity contribution in [1.82, 2.24) is 4.31 Å². The van der Waals surface area contributed by atoms with Crippen LogP contribution in [0.4, 0.5) is 0 Å². The Morgan fingerprint density at radius 3 is 2.55 bits per heavy atom. The van der Waals surface area contributed by atoms with E-state index in [1.807, 2.05) is 6.92 Å². The number of benzene rings is 1. The van der Waals surface area contributed by atoms with E-state index in [1.54, 1.807) is 22.5 Å². The van der Waals surface area contributed by atoms with Gasteiger partial charge in [-0.15, -0.1) is 0 Å². The summed E-state index contributed by atoms with van der Waals surface area (Å²) in [6, 6.07) is 4.82. The first-order valence-electron chi connectivity index (χ1n) is 6.74. The zero-order valence-corrected chi connectivity index (χ0v) is 12.9. The molecule has 1 aliphatic heterocycles. The van der Waals surface area contributed by atoms with Crippen molar-refractivity contribution in [2.75, 3.05) is 20.8 Å². The summed E-state index contributed by atoms with van der Waals surface area (Å²) in [6.45, 7) is 2.52. The number of rotatable bonds is 4. The standard InChI is InChI=1S/C14H21NO4S/c1-11-6-4-5-9-15(11)20(16,17)14-8-7-12(18-2)10-13(14)19-3/h7-8,10-11H,4-6,9H2,1-3H3. The largest absolute Gasteiger partial charge is 0.497 e. The van der Waals surface area contributed by atoms with Gasteiger partial charge in [0.2, 0.25) is 10.0 Å². The number of nitrogens with zero attached hydrogens (tertiary/aromatic N) is 1. The Morgan fingerprint density at radius 2 is 1.95 bits per heavy atom. The van der Waals surface area contributed by atoms with E-state index in [1.165, 1.54) is 14.2 Å².